The first kappa shape index (κ1) is 15.2. The van der Waals surface area contributed by atoms with Gasteiger partial charge in [0.15, 0.2) is 0 Å². The van der Waals surface area contributed by atoms with Crippen molar-refractivity contribution in [2.24, 2.45) is 0 Å². The van der Waals surface area contributed by atoms with Crippen LogP contribution < -0.4 is 5.32 Å². The van der Waals surface area contributed by atoms with E-state index in [2.05, 4.69) is 5.32 Å². The van der Waals surface area contributed by atoms with Crippen molar-refractivity contribution in [1.29, 1.82) is 0 Å². The molecule has 1 amide bonds. The zero-order chi connectivity index (χ0) is 12.6. The Morgan fingerprint density at radius 1 is 1.31 bits per heavy atom. The van der Waals surface area contributed by atoms with Crippen LogP contribution in [0.3, 0.4) is 0 Å². The maximum Gasteiger partial charge on any atom is 0.326 e. The molecule has 0 aromatic carbocycles. The van der Waals surface area contributed by atoms with Crippen LogP contribution in [0.5, 0.6) is 0 Å². The molecule has 0 rings (SSSR count). The molecule has 3 N–H and O–H groups in total. The molecule has 0 aliphatic rings. The summed E-state index contributed by atoms with van der Waals surface area (Å²) in [6.45, 7) is 3.02. The van der Waals surface area contributed by atoms with E-state index in [1.54, 1.807) is 18.7 Å². The van der Waals surface area contributed by atoms with Crippen LogP contribution >= 0.6 is 11.8 Å². The van der Waals surface area contributed by atoms with Crippen molar-refractivity contribution in [3.63, 3.8) is 0 Å². The second kappa shape index (κ2) is 8.41. The van der Waals surface area contributed by atoms with Gasteiger partial charge in [0.25, 0.3) is 0 Å². The van der Waals surface area contributed by atoms with E-state index in [1.165, 1.54) is 6.92 Å². The third-order valence-electron chi connectivity index (χ3n) is 1.91. The van der Waals surface area contributed by atoms with Gasteiger partial charge in [-0.1, -0.05) is 0 Å². The first-order valence-corrected chi connectivity index (χ1v) is 6.34. The monoisotopic (exact) mass is 249 g/mol. The molecule has 94 valence electrons. The van der Waals surface area contributed by atoms with Crippen LogP contribution in [0, 0.1) is 0 Å². The second-order valence-corrected chi connectivity index (χ2v) is 4.85. The Morgan fingerprint density at radius 3 is 2.31 bits per heavy atom. The van der Waals surface area contributed by atoms with Gasteiger partial charge in [-0.25, -0.2) is 4.79 Å². The van der Waals surface area contributed by atoms with Gasteiger partial charge in [-0.2, -0.15) is 11.8 Å². The number of aliphatic hydroxyl groups excluding tert-OH is 1. The third-order valence-corrected chi connectivity index (χ3v) is 2.96. The number of carboxylic acid groups (broad SMARTS) is 1. The molecule has 0 aromatic heterocycles. The van der Waals surface area contributed by atoms with E-state index in [-0.39, 0.29) is 12.0 Å². The van der Waals surface area contributed by atoms with Crippen LogP contribution in [0.15, 0.2) is 0 Å². The predicted octanol–water partition coefficient (Wildman–Crippen LogP) is 0.470. The number of rotatable bonds is 8. The van der Waals surface area contributed by atoms with Gasteiger partial charge in [-0.15, -0.1) is 0 Å². The summed E-state index contributed by atoms with van der Waals surface area (Å²) in [7, 11) is 0. The maximum absolute atomic E-state index is 10.7. The number of nitrogens with one attached hydrogen (secondary N) is 1. The Balaban J connectivity index is 3.69. The van der Waals surface area contributed by atoms with Crippen molar-refractivity contribution in [1.82, 2.24) is 5.32 Å². The predicted molar refractivity (Wildman–Crippen MR) is 63.5 cm³/mol. The Morgan fingerprint density at radius 2 is 1.88 bits per heavy atom. The van der Waals surface area contributed by atoms with Gasteiger partial charge >= 0.3 is 5.97 Å². The van der Waals surface area contributed by atoms with Gasteiger partial charge in [0.1, 0.15) is 6.04 Å². The number of hydrogen-bond donors (Lipinski definition) is 3. The zero-order valence-electron chi connectivity index (χ0n) is 9.60. The number of aliphatic hydroxyl groups is 1. The molecule has 0 radical (unpaired) electrons. The maximum atomic E-state index is 10.7. The summed E-state index contributed by atoms with van der Waals surface area (Å²) in [6, 6.07) is -0.809. The molecule has 0 bridgehead atoms. The van der Waals surface area contributed by atoms with E-state index in [4.69, 9.17) is 10.2 Å². The van der Waals surface area contributed by atoms with Crippen molar-refractivity contribution in [2.45, 2.75) is 38.8 Å². The SMILES string of the molecule is CC(=O)NC(CCSCCC(C)O)C(=O)O. The van der Waals surface area contributed by atoms with Crippen LogP contribution in [-0.4, -0.2) is 45.7 Å². The number of carbonyl (C=O) groups excluding carboxylic acids is 1. The van der Waals surface area contributed by atoms with E-state index < -0.39 is 12.0 Å². The highest BCUT2D eigenvalue weighted by Crippen LogP contribution is 2.08. The molecule has 2 unspecified atom stereocenters. The lowest BCUT2D eigenvalue weighted by Crippen LogP contribution is -2.39. The summed E-state index contributed by atoms with van der Waals surface area (Å²) >= 11 is 1.58. The van der Waals surface area contributed by atoms with Crippen LogP contribution in [0.4, 0.5) is 0 Å². The Bertz CT molecular complexity index is 233. The lowest BCUT2D eigenvalue weighted by molar-refractivity contribution is -0.141. The third kappa shape index (κ3) is 8.55. The van der Waals surface area contributed by atoms with Gasteiger partial charge in [-0.05, 0) is 31.3 Å². The smallest absolute Gasteiger partial charge is 0.326 e. The lowest BCUT2D eigenvalue weighted by Gasteiger charge is -2.12. The van der Waals surface area contributed by atoms with Crippen molar-refractivity contribution in [3.05, 3.63) is 0 Å². The topological polar surface area (TPSA) is 86.6 Å². The van der Waals surface area contributed by atoms with Crippen molar-refractivity contribution in [3.8, 4) is 0 Å². The van der Waals surface area contributed by atoms with E-state index in [1.807, 2.05) is 0 Å². The van der Waals surface area contributed by atoms with E-state index in [0.717, 1.165) is 5.75 Å². The van der Waals surface area contributed by atoms with E-state index in [0.29, 0.717) is 18.6 Å². The highest BCUT2D eigenvalue weighted by Gasteiger charge is 2.17. The fourth-order valence-electron chi connectivity index (χ4n) is 1.06. The van der Waals surface area contributed by atoms with E-state index >= 15 is 0 Å². The second-order valence-electron chi connectivity index (χ2n) is 3.63. The molecular formula is C10H19NO4S. The van der Waals surface area contributed by atoms with Crippen molar-refractivity contribution < 1.29 is 19.8 Å². The average molecular weight is 249 g/mol. The molecule has 0 saturated carbocycles. The largest absolute Gasteiger partial charge is 0.480 e. The lowest BCUT2D eigenvalue weighted by atomic mass is 10.2. The molecular weight excluding hydrogens is 230 g/mol. The van der Waals surface area contributed by atoms with Crippen LogP contribution in [0.2, 0.25) is 0 Å². The number of hydrogen-bond acceptors (Lipinski definition) is 4. The standard InChI is InChI=1S/C10H19NO4S/c1-7(12)3-5-16-6-4-9(10(14)15)11-8(2)13/h7,9,12H,3-6H2,1-2H3,(H,11,13)(H,14,15). The summed E-state index contributed by atoms with van der Waals surface area (Å²) in [6.07, 6.45) is 0.778. The Kier molecular flexibility index (Phi) is 8.01. The van der Waals surface area contributed by atoms with Gasteiger partial charge in [0.05, 0.1) is 6.10 Å². The minimum absolute atomic E-state index is 0.321. The fourth-order valence-corrected chi connectivity index (χ4v) is 2.17. The minimum Gasteiger partial charge on any atom is -0.480 e. The molecule has 6 heteroatoms. The molecule has 0 saturated heterocycles. The van der Waals surface area contributed by atoms with Crippen molar-refractivity contribution in [2.75, 3.05) is 11.5 Å². The van der Waals surface area contributed by atoms with Gasteiger partial charge in [-0.3, -0.25) is 4.79 Å². The Hall–Kier alpha value is -0.750. The Labute approximate surface area is 99.6 Å². The summed E-state index contributed by atoms with van der Waals surface area (Å²) in [5.41, 5.74) is 0. The minimum atomic E-state index is -1.01. The molecule has 0 spiro atoms. The van der Waals surface area contributed by atoms with E-state index in [9.17, 15) is 9.59 Å². The molecule has 0 aromatic rings. The van der Waals surface area contributed by atoms with Crippen LogP contribution in [0.25, 0.3) is 0 Å². The van der Waals surface area contributed by atoms with Gasteiger partial charge < -0.3 is 15.5 Å². The highest BCUT2D eigenvalue weighted by atomic mass is 32.2. The normalized spacial score (nSPS) is 14.2. The zero-order valence-corrected chi connectivity index (χ0v) is 10.4. The molecule has 2 atom stereocenters. The first-order valence-electron chi connectivity index (χ1n) is 5.19. The quantitative estimate of drug-likeness (QED) is 0.544. The first-order chi connectivity index (χ1) is 7.43. The van der Waals surface area contributed by atoms with Crippen molar-refractivity contribution >= 4 is 23.6 Å². The van der Waals surface area contributed by atoms with Crippen LogP contribution in [0.1, 0.15) is 26.7 Å². The molecule has 0 fully saturated rings. The highest BCUT2D eigenvalue weighted by molar-refractivity contribution is 7.99. The molecule has 0 aliphatic carbocycles. The summed E-state index contributed by atoms with van der Waals surface area (Å²) in [5, 5.41) is 20.2. The molecule has 0 aliphatic heterocycles. The van der Waals surface area contributed by atoms with Crippen LogP contribution in [-0.2, 0) is 9.59 Å². The number of amides is 1. The summed E-state index contributed by atoms with van der Waals surface area (Å²) < 4.78 is 0. The number of carbonyl (C=O) groups is 2. The molecule has 16 heavy (non-hydrogen) atoms. The molecule has 0 heterocycles. The molecule has 5 nitrogen and oxygen atoms in total. The fraction of sp³-hybridized carbons (Fsp3) is 0.800. The summed E-state index contributed by atoms with van der Waals surface area (Å²) in [5.74, 6) is 0.112. The average Bonchev–Trinajstić information content (AvgIpc) is 2.14. The number of aliphatic carboxylic acids is 1. The van der Waals surface area contributed by atoms with Gasteiger partial charge in [0.2, 0.25) is 5.91 Å². The van der Waals surface area contributed by atoms with Gasteiger partial charge in [0, 0.05) is 6.92 Å². The number of thioether (sulfide) groups is 1. The number of carboxylic acids is 1. The summed E-state index contributed by atoms with van der Waals surface area (Å²) in [4.78, 5) is 21.5.